The van der Waals surface area contributed by atoms with E-state index in [0.717, 1.165) is 24.2 Å². The van der Waals surface area contributed by atoms with Gasteiger partial charge in [-0.05, 0) is 30.5 Å². The predicted molar refractivity (Wildman–Crippen MR) is 65.3 cm³/mol. The highest BCUT2D eigenvalue weighted by molar-refractivity contribution is 5.79. The lowest BCUT2D eigenvalue weighted by Gasteiger charge is -2.23. The van der Waals surface area contributed by atoms with E-state index in [0.29, 0.717) is 6.61 Å². The van der Waals surface area contributed by atoms with Gasteiger partial charge in [-0.25, -0.2) is 4.79 Å². The van der Waals surface area contributed by atoms with E-state index in [9.17, 15) is 4.79 Å². The minimum absolute atomic E-state index is 0.468. The maximum absolute atomic E-state index is 11.0. The molecule has 0 radical (unpaired) electrons. The van der Waals surface area contributed by atoms with Crippen molar-refractivity contribution in [3.05, 3.63) is 29.3 Å². The number of rotatable bonds is 4. The van der Waals surface area contributed by atoms with Crippen LogP contribution in [0.3, 0.4) is 0 Å². The predicted octanol–water partition coefficient (Wildman–Crippen LogP) is 1.67. The maximum Gasteiger partial charge on any atom is 0.326 e. The lowest BCUT2D eigenvalue weighted by molar-refractivity contribution is -0.138. The van der Waals surface area contributed by atoms with Crippen LogP contribution in [0.2, 0.25) is 0 Å². The third kappa shape index (κ3) is 2.26. The first-order chi connectivity index (χ1) is 8.13. The molecule has 0 amide bonds. The van der Waals surface area contributed by atoms with Gasteiger partial charge in [0.05, 0.1) is 6.61 Å². The number of hydrogen-bond donors (Lipinski definition) is 1. The lowest BCUT2D eigenvalue weighted by atomic mass is 10.1. The number of carboxylic acid groups (broad SMARTS) is 1. The van der Waals surface area contributed by atoms with E-state index in [1.807, 2.05) is 17.0 Å². The molecular formula is C13H17NO3. The number of methoxy groups -OCH3 is 1. The molecule has 17 heavy (non-hydrogen) atoms. The van der Waals surface area contributed by atoms with Crippen molar-refractivity contribution in [1.29, 1.82) is 0 Å². The zero-order valence-electron chi connectivity index (χ0n) is 10.1. The molecule has 1 atom stereocenters. The van der Waals surface area contributed by atoms with Gasteiger partial charge in [0.2, 0.25) is 0 Å². The molecule has 92 valence electrons. The summed E-state index contributed by atoms with van der Waals surface area (Å²) in [5, 5.41) is 9.05. The first-order valence-electron chi connectivity index (χ1n) is 5.73. The summed E-state index contributed by atoms with van der Waals surface area (Å²) in [6, 6.07) is 5.63. The molecule has 1 aliphatic rings. The topological polar surface area (TPSA) is 49.8 Å². The van der Waals surface area contributed by atoms with Crippen LogP contribution in [0.4, 0.5) is 5.69 Å². The van der Waals surface area contributed by atoms with Crippen molar-refractivity contribution < 1.29 is 14.6 Å². The van der Waals surface area contributed by atoms with E-state index in [-0.39, 0.29) is 0 Å². The highest BCUT2D eigenvalue weighted by atomic mass is 16.5. The van der Waals surface area contributed by atoms with Crippen LogP contribution in [-0.2, 0) is 22.6 Å². The van der Waals surface area contributed by atoms with Crippen LogP contribution in [0, 0.1) is 0 Å². The summed E-state index contributed by atoms with van der Waals surface area (Å²) in [4.78, 5) is 12.9. The van der Waals surface area contributed by atoms with Crippen LogP contribution in [0.5, 0.6) is 0 Å². The van der Waals surface area contributed by atoms with Gasteiger partial charge in [0.15, 0.2) is 0 Å². The van der Waals surface area contributed by atoms with E-state index in [1.165, 1.54) is 5.56 Å². The zero-order valence-corrected chi connectivity index (χ0v) is 10.1. The number of carbonyl (C=O) groups is 1. The molecule has 1 unspecified atom stereocenters. The van der Waals surface area contributed by atoms with Crippen molar-refractivity contribution in [3.63, 3.8) is 0 Å². The van der Waals surface area contributed by atoms with Gasteiger partial charge in [-0.15, -0.1) is 0 Å². The Hall–Kier alpha value is -1.55. The average Bonchev–Trinajstić information content (AvgIpc) is 2.71. The van der Waals surface area contributed by atoms with Gasteiger partial charge >= 0.3 is 5.97 Å². The molecule has 0 fully saturated rings. The molecule has 0 saturated heterocycles. The van der Waals surface area contributed by atoms with Crippen LogP contribution >= 0.6 is 0 Å². The second-order valence-electron chi connectivity index (χ2n) is 4.35. The van der Waals surface area contributed by atoms with Crippen LogP contribution < -0.4 is 4.90 Å². The van der Waals surface area contributed by atoms with Gasteiger partial charge in [-0.1, -0.05) is 12.1 Å². The molecule has 4 heteroatoms. The smallest absolute Gasteiger partial charge is 0.326 e. The quantitative estimate of drug-likeness (QED) is 0.862. The van der Waals surface area contributed by atoms with E-state index in [2.05, 4.69) is 6.07 Å². The number of benzene rings is 1. The first-order valence-corrected chi connectivity index (χ1v) is 5.73. The number of fused-ring (bicyclic) bond motifs is 1. The summed E-state index contributed by atoms with van der Waals surface area (Å²) in [5.74, 6) is -0.779. The molecule has 0 bridgehead atoms. The van der Waals surface area contributed by atoms with E-state index in [4.69, 9.17) is 9.84 Å². The van der Waals surface area contributed by atoms with E-state index < -0.39 is 12.0 Å². The minimum Gasteiger partial charge on any atom is -0.480 e. The third-order valence-corrected chi connectivity index (χ3v) is 3.21. The lowest BCUT2D eigenvalue weighted by Crippen LogP contribution is -2.37. The van der Waals surface area contributed by atoms with Gasteiger partial charge < -0.3 is 14.7 Å². The van der Waals surface area contributed by atoms with Gasteiger partial charge in [0, 0.05) is 19.3 Å². The van der Waals surface area contributed by atoms with Crippen molar-refractivity contribution >= 4 is 11.7 Å². The summed E-state index contributed by atoms with van der Waals surface area (Å²) < 4.78 is 5.09. The number of aliphatic carboxylic acids is 1. The fourth-order valence-electron chi connectivity index (χ4n) is 2.27. The van der Waals surface area contributed by atoms with E-state index in [1.54, 1.807) is 14.0 Å². The van der Waals surface area contributed by atoms with Gasteiger partial charge in [0.1, 0.15) is 6.04 Å². The normalized spacial score (nSPS) is 15.8. The van der Waals surface area contributed by atoms with Crippen molar-refractivity contribution in [1.82, 2.24) is 0 Å². The summed E-state index contributed by atoms with van der Waals surface area (Å²) in [6.07, 6.45) is 0.907. The molecule has 1 N–H and O–H groups in total. The number of anilines is 1. The molecule has 1 aromatic rings. The Morgan fingerprint density at radius 2 is 2.35 bits per heavy atom. The van der Waals surface area contributed by atoms with Crippen molar-refractivity contribution in [2.45, 2.75) is 26.0 Å². The van der Waals surface area contributed by atoms with E-state index >= 15 is 0 Å². The molecular weight excluding hydrogens is 218 g/mol. The summed E-state index contributed by atoms with van der Waals surface area (Å²) in [6.45, 7) is 3.10. The Balaban J connectivity index is 2.24. The molecule has 1 aromatic carbocycles. The number of hydrogen-bond acceptors (Lipinski definition) is 3. The molecule has 0 aliphatic carbocycles. The molecule has 1 heterocycles. The Kier molecular flexibility index (Phi) is 3.33. The zero-order chi connectivity index (χ0) is 12.4. The standard InChI is InChI=1S/C13H17NO3/c1-9(13(15)16)14-6-5-11-7-10(8-17-2)3-4-12(11)14/h3-4,7,9H,5-6,8H2,1-2H3,(H,15,16). The fourth-order valence-corrected chi connectivity index (χ4v) is 2.27. The Morgan fingerprint density at radius 1 is 1.59 bits per heavy atom. The van der Waals surface area contributed by atoms with Crippen molar-refractivity contribution in [2.24, 2.45) is 0 Å². The Morgan fingerprint density at radius 3 is 3.00 bits per heavy atom. The van der Waals surface area contributed by atoms with Crippen LogP contribution in [0.15, 0.2) is 18.2 Å². The monoisotopic (exact) mass is 235 g/mol. The fraction of sp³-hybridized carbons (Fsp3) is 0.462. The van der Waals surface area contributed by atoms with Gasteiger partial charge in [0.25, 0.3) is 0 Å². The molecule has 0 saturated carbocycles. The van der Waals surface area contributed by atoms with Crippen molar-refractivity contribution in [2.75, 3.05) is 18.6 Å². The maximum atomic E-state index is 11.0. The number of ether oxygens (including phenoxy) is 1. The molecule has 0 spiro atoms. The Bertz CT molecular complexity index is 431. The molecule has 4 nitrogen and oxygen atoms in total. The number of carboxylic acids is 1. The summed E-state index contributed by atoms with van der Waals surface area (Å²) in [5.41, 5.74) is 3.39. The van der Waals surface area contributed by atoms with Crippen LogP contribution in [-0.4, -0.2) is 30.8 Å². The highest BCUT2D eigenvalue weighted by Crippen LogP contribution is 2.30. The molecule has 1 aliphatic heterocycles. The third-order valence-electron chi connectivity index (χ3n) is 3.21. The Labute approximate surface area is 101 Å². The second-order valence-corrected chi connectivity index (χ2v) is 4.35. The number of nitrogens with zero attached hydrogens (tertiary/aromatic N) is 1. The van der Waals surface area contributed by atoms with Gasteiger partial charge in [-0.3, -0.25) is 0 Å². The second kappa shape index (κ2) is 4.75. The SMILES string of the molecule is COCc1ccc2c(c1)CCN2C(C)C(=O)O. The minimum atomic E-state index is -0.779. The van der Waals surface area contributed by atoms with Crippen LogP contribution in [0.1, 0.15) is 18.1 Å². The summed E-state index contributed by atoms with van der Waals surface area (Å²) >= 11 is 0. The van der Waals surface area contributed by atoms with Gasteiger partial charge in [-0.2, -0.15) is 0 Å². The molecule has 2 rings (SSSR count). The largest absolute Gasteiger partial charge is 0.480 e. The van der Waals surface area contributed by atoms with Crippen molar-refractivity contribution in [3.8, 4) is 0 Å². The summed E-state index contributed by atoms with van der Waals surface area (Å²) in [7, 11) is 1.67. The molecule has 0 aromatic heterocycles. The first kappa shape index (κ1) is 11.9. The van der Waals surface area contributed by atoms with Crippen LogP contribution in [0.25, 0.3) is 0 Å². The average molecular weight is 235 g/mol. The highest BCUT2D eigenvalue weighted by Gasteiger charge is 2.27.